The van der Waals surface area contributed by atoms with Gasteiger partial charge in [0.25, 0.3) is 0 Å². The summed E-state index contributed by atoms with van der Waals surface area (Å²) in [5, 5.41) is 0. The van der Waals surface area contributed by atoms with Gasteiger partial charge in [-0.25, -0.2) is 0 Å². The average Bonchev–Trinajstić information content (AvgIpc) is 2.76. The Labute approximate surface area is 166 Å². The topological polar surface area (TPSA) is 35.5 Å². The van der Waals surface area contributed by atoms with Gasteiger partial charge in [0, 0.05) is 18.9 Å². The number of hydrogen-bond acceptors (Lipinski definition) is 3. The highest BCUT2D eigenvalue weighted by Crippen LogP contribution is 2.26. The van der Waals surface area contributed by atoms with Gasteiger partial charge in [-0.3, -0.25) is 4.79 Å². The van der Waals surface area contributed by atoms with E-state index in [9.17, 15) is 4.79 Å². The summed E-state index contributed by atoms with van der Waals surface area (Å²) in [6, 6.07) is 26.0. The minimum atomic E-state index is 0.266. The fraction of sp³-hybridized carbons (Fsp3) is 0.240. The van der Waals surface area contributed by atoms with Crippen LogP contribution in [0.4, 0.5) is 0 Å². The highest BCUT2D eigenvalue weighted by molar-refractivity contribution is 5.78. The molecule has 0 unspecified atom stereocenters. The van der Waals surface area contributed by atoms with Crippen molar-refractivity contribution in [2.45, 2.75) is 39.4 Å². The first kappa shape index (κ1) is 19.7. The molecule has 144 valence electrons. The molecule has 3 rings (SSSR count). The van der Waals surface area contributed by atoms with E-state index in [4.69, 9.17) is 9.47 Å². The number of ether oxygens (including phenoxy) is 2. The normalized spacial score (nSPS) is 10.5. The Morgan fingerprint density at radius 2 is 1.21 bits per heavy atom. The van der Waals surface area contributed by atoms with Crippen molar-refractivity contribution in [2.75, 3.05) is 0 Å². The molecule has 0 saturated carbocycles. The van der Waals surface area contributed by atoms with Gasteiger partial charge in [0.05, 0.1) is 0 Å². The summed E-state index contributed by atoms with van der Waals surface area (Å²) in [5.41, 5.74) is 3.28. The molecule has 0 amide bonds. The molecule has 3 heteroatoms. The summed E-state index contributed by atoms with van der Waals surface area (Å²) in [6.07, 6.45) is 1.80. The van der Waals surface area contributed by atoms with Crippen LogP contribution in [0.15, 0.2) is 78.9 Å². The molecule has 0 spiro atoms. The second-order valence-electron chi connectivity index (χ2n) is 6.75. The standard InChI is InChI=1S/C25H26O3/c1-2-23(26)14-13-22-15-24(27-18-20-9-5-3-6-10-20)17-25(16-22)28-19-21-11-7-4-8-12-21/h3-12,15-17H,2,13-14,18-19H2,1H3. The highest BCUT2D eigenvalue weighted by Gasteiger charge is 2.07. The lowest BCUT2D eigenvalue weighted by Gasteiger charge is -2.13. The molecule has 0 atom stereocenters. The van der Waals surface area contributed by atoms with Crippen molar-refractivity contribution in [3.63, 3.8) is 0 Å². The number of aryl methyl sites for hydroxylation is 1. The van der Waals surface area contributed by atoms with Crippen molar-refractivity contribution in [3.05, 3.63) is 95.6 Å². The maximum absolute atomic E-state index is 11.7. The van der Waals surface area contributed by atoms with Gasteiger partial charge in [-0.2, -0.15) is 0 Å². The Hall–Kier alpha value is -3.07. The zero-order valence-corrected chi connectivity index (χ0v) is 16.3. The molecular formula is C25H26O3. The zero-order chi connectivity index (χ0) is 19.6. The van der Waals surface area contributed by atoms with Crippen LogP contribution in [-0.4, -0.2) is 5.78 Å². The monoisotopic (exact) mass is 374 g/mol. The maximum Gasteiger partial charge on any atom is 0.132 e. The third-order valence-corrected chi connectivity index (χ3v) is 4.52. The van der Waals surface area contributed by atoms with Crippen LogP contribution in [0.2, 0.25) is 0 Å². The Bertz CT molecular complexity index is 811. The number of ketones is 1. The van der Waals surface area contributed by atoms with Gasteiger partial charge in [0.2, 0.25) is 0 Å². The molecule has 0 aromatic heterocycles. The average molecular weight is 374 g/mol. The third-order valence-electron chi connectivity index (χ3n) is 4.52. The van der Waals surface area contributed by atoms with Crippen LogP contribution in [0.25, 0.3) is 0 Å². The van der Waals surface area contributed by atoms with E-state index in [1.54, 1.807) is 0 Å². The van der Waals surface area contributed by atoms with Crippen molar-refractivity contribution in [2.24, 2.45) is 0 Å². The van der Waals surface area contributed by atoms with E-state index in [-0.39, 0.29) is 5.78 Å². The fourth-order valence-corrected chi connectivity index (χ4v) is 2.88. The molecule has 0 aliphatic rings. The van der Waals surface area contributed by atoms with E-state index in [1.165, 1.54) is 0 Å². The summed E-state index contributed by atoms with van der Waals surface area (Å²) < 4.78 is 12.0. The zero-order valence-electron chi connectivity index (χ0n) is 16.3. The number of carbonyl (C=O) groups excluding carboxylic acids is 1. The van der Waals surface area contributed by atoms with Crippen LogP contribution >= 0.6 is 0 Å². The lowest BCUT2D eigenvalue weighted by atomic mass is 10.1. The molecule has 28 heavy (non-hydrogen) atoms. The first-order valence-electron chi connectivity index (χ1n) is 9.72. The minimum Gasteiger partial charge on any atom is -0.489 e. The second-order valence-corrected chi connectivity index (χ2v) is 6.75. The summed E-state index contributed by atoms with van der Waals surface area (Å²) in [7, 11) is 0. The van der Waals surface area contributed by atoms with Crippen LogP contribution in [0.3, 0.4) is 0 Å². The third kappa shape index (κ3) is 6.27. The highest BCUT2D eigenvalue weighted by atomic mass is 16.5. The lowest BCUT2D eigenvalue weighted by Crippen LogP contribution is -2.01. The van der Waals surface area contributed by atoms with Gasteiger partial charge in [-0.05, 0) is 35.2 Å². The molecule has 3 aromatic rings. The Kier molecular flexibility index (Phi) is 7.25. The molecule has 0 aliphatic heterocycles. The maximum atomic E-state index is 11.7. The summed E-state index contributed by atoms with van der Waals surface area (Å²) >= 11 is 0. The van der Waals surface area contributed by atoms with E-state index in [2.05, 4.69) is 0 Å². The van der Waals surface area contributed by atoms with Crippen molar-refractivity contribution >= 4 is 5.78 Å². The molecule has 0 N–H and O–H groups in total. The fourth-order valence-electron chi connectivity index (χ4n) is 2.88. The Morgan fingerprint density at radius 1 is 0.714 bits per heavy atom. The first-order valence-corrected chi connectivity index (χ1v) is 9.72. The van der Waals surface area contributed by atoms with E-state index < -0.39 is 0 Å². The number of Topliss-reactive ketones (excluding diaryl/α,β-unsaturated/α-hetero) is 1. The van der Waals surface area contributed by atoms with Gasteiger partial charge in [-0.15, -0.1) is 0 Å². The largest absolute Gasteiger partial charge is 0.489 e. The molecule has 0 heterocycles. The van der Waals surface area contributed by atoms with Crippen molar-refractivity contribution in [1.82, 2.24) is 0 Å². The van der Waals surface area contributed by atoms with Crippen LogP contribution in [0.1, 0.15) is 36.5 Å². The number of hydrogen-bond donors (Lipinski definition) is 0. The van der Waals surface area contributed by atoms with Crippen molar-refractivity contribution < 1.29 is 14.3 Å². The lowest BCUT2D eigenvalue weighted by molar-refractivity contribution is -0.118. The van der Waals surface area contributed by atoms with E-state index in [0.29, 0.717) is 32.5 Å². The Morgan fingerprint density at radius 3 is 1.68 bits per heavy atom. The smallest absolute Gasteiger partial charge is 0.132 e. The molecule has 0 fully saturated rings. The molecular weight excluding hydrogens is 348 g/mol. The van der Waals surface area contributed by atoms with Crippen LogP contribution in [0.5, 0.6) is 11.5 Å². The molecule has 0 radical (unpaired) electrons. The quantitative estimate of drug-likeness (QED) is 0.453. The van der Waals surface area contributed by atoms with E-state index >= 15 is 0 Å². The van der Waals surface area contributed by atoms with Gasteiger partial charge in [-0.1, -0.05) is 67.6 Å². The van der Waals surface area contributed by atoms with Crippen LogP contribution < -0.4 is 9.47 Å². The first-order chi connectivity index (χ1) is 13.7. The molecule has 3 aromatic carbocycles. The number of benzene rings is 3. The number of carbonyl (C=O) groups is 1. The SMILES string of the molecule is CCC(=O)CCc1cc(OCc2ccccc2)cc(OCc2ccccc2)c1. The molecule has 0 aliphatic carbocycles. The molecule has 3 nitrogen and oxygen atoms in total. The second kappa shape index (κ2) is 10.3. The summed E-state index contributed by atoms with van der Waals surface area (Å²) in [4.78, 5) is 11.7. The van der Waals surface area contributed by atoms with E-state index in [1.807, 2.05) is 85.8 Å². The van der Waals surface area contributed by atoms with Gasteiger partial charge >= 0.3 is 0 Å². The van der Waals surface area contributed by atoms with Gasteiger partial charge in [0.15, 0.2) is 0 Å². The van der Waals surface area contributed by atoms with Crippen molar-refractivity contribution in [1.29, 1.82) is 0 Å². The van der Waals surface area contributed by atoms with Crippen LogP contribution in [-0.2, 0) is 24.4 Å². The van der Waals surface area contributed by atoms with Crippen LogP contribution in [0, 0.1) is 0 Å². The van der Waals surface area contributed by atoms with Crippen molar-refractivity contribution in [3.8, 4) is 11.5 Å². The van der Waals surface area contributed by atoms with Gasteiger partial charge < -0.3 is 9.47 Å². The molecule has 0 saturated heterocycles. The predicted octanol–water partition coefficient (Wildman–Crippen LogP) is 5.76. The summed E-state index contributed by atoms with van der Waals surface area (Å²) in [6.45, 7) is 2.89. The number of rotatable bonds is 10. The molecule has 0 bridgehead atoms. The predicted molar refractivity (Wildman–Crippen MR) is 112 cm³/mol. The van der Waals surface area contributed by atoms with E-state index in [0.717, 1.165) is 28.2 Å². The van der Waals surface area contributed by atoms with Gasteiger partial charge in [0.1, 0.15) is 30.5 Å². The Balaban J connectivity index is 1.71. The minimum absolute atomic E-state index is 0.266. The summed E-state index contributed by atoms with van der Waals surface area (Å²) in [5.74, 6) is 1.78.